The van der Waals surface area contributed by atoms with E-state index >= 15 is 0 Å². The van der Waals surface area contributed by atoms with Crippen LogP contribution in [0.5, 0.6) is 0 Å². The van der Waals surface area contributed by atoms with Crippen LogP contribution in [0.4, 0.5) is 5.95 Å². The molecule has 0 saturated carbocycles. The third-order valence-electron chi connectivity index (χ3n) is 5.63. The van der Waals surface area contributed by atoms with Gasteiger partial charge in [0, 0.05) is 44.3 Å². The molecule has 0 aliphatic carbocycles. The molecule has 8 nitrogen and oxygen atoms in total. The maximum absolute atomic E-state index is 13.2. The number of thiophene rings is 1. The first kappa shape index (κ1) is 21.2. The van der Waals surface area contributed by atoms with Gasteiger partial charge in [-0.2, -0.15) is 0 Å². The van der Waals surface area contributed by atoms with E-state index in [1.54, 1.807) is 16.8 Å². The Bertz CT molecular complexity index is 1150. The molecule has 0 spiro atoms. The van der Waals surface area contributed by atoms with Gasteiger partial charge in [-0.25, -0.2) is 9.97 Å². The highest BCUT2D eigenvalue weighted by Gasteiger charge is 2.36. The molecule has 1 aliphatic heterocycles. The SMILES string of the molecule is CC(=O)N(C)C1CN(C(=O)c2nc(NC(C)c3cncc(C)c3)nc3cc(C)sc23)C1. The van der Waals surface area contributed by atoms with Crippen LogP contribution < -0.4 is 5.32 Å². The zero-order valence-corrected chi connectivity index (χ0v) is 19.2. The first-order chi connectivity index (χ1) is 14.7. The number of rotatable bonds is 5. The van der Waals surface area contributed by atoms with Crippen LogP contribution in [0.2, 0.25) is 0 Å². The van der Waals surface area contributed by atoms with Crippen LogP contribution in [-0.4, -0.2) is 62.7 Å². The maximum Gasteiger partial charge on any atom is 0.274 e. The Morgan fingerprint density at radius 1 is 1.23 bits per heavy atom. The normalized spacial score (nSPS) is 14.9. The second-order valence-corrected chi connectivity index (χ2v) is 9.38. The fourth-order valence-corrected chi connectivity index (χ4v) is 4.56. The summed E-state index contributed by atoms with van der Waals surface area (Å²) >= 11 is 1.52. The molecule has 9 heteroatoms. The van der Waals surface area contributed by atoms with Crippen LogP contribution in [0.15, 0.2) is 24.5 Å². The van der Waals surface area contributed by atoms with E-state index < -0.39 is 0 Å². The van der Waals surface area contributed by atoms with E-state index in [0.717, 1.165) is 26.2 Å². The number of carbonyl (C=O) groups excluding carboxylic acids is 2. The molecule has 0 bridgehead atoms. The highest BCUT2D eigenvalue weighted by atomic mass is 32.1. The molecule has 1 atom stereocenters. The van der Waals surface area contributed by atoms with Gasteiger partial charge in [-0.15, -0.1) is 11.3 Å². The lowest BCUT2D eigenvalue weighted by Gasteiger charge is -2.43. The quantitative estimate of drug-likeness (QED) is 0.658. The largest absolute Gasteiger partial charge is 0.348 e. The minimum Gasteiger partial charge on any atom is -0.348 e. The van der Waals surface area contributed by atoms with E-state index in [-0.39, 0.29) is 23.9 Å². The van der Waals surface area contributed by atoms with E-state index in [1.165, 1.54) is 18.3 Å². The molecular formula is C22H26N6O2S. The molecule has 31 heavy (non-hydrogen) atoms. The van der Waals surface area contributed by atoms with E-state index in [4.69, 9.17) is 0 Å². The molecule has 2 amide bonds. The summed E-state index contributed by atoms with van der Waals surface area (Å²) in [4.78, 5) is 42.8. The molecule has 1 aliphatic rings. The Labute approximate surface area is 185 Å². The van der Waals surface area contributed by atoms with Crippen LogP contribution in [0.3, 0.4) is 0 Å². The van der Waals surface area contributed by atoms with Gasteiger partial charge in [-0.3, -0.25) is 14.6 Å². The summed E-state index contributed by atoms with van der Waals surface area (Å²) in [5, 5.41) is 3.32. The van der Waals surface area contributed by atoms with Crippen LogP contribution in [0, 0.1) is 13.8 Å². The third-order valence-corrected chi connectivity index (χ3v) is 6.68. The monoisotopic (exact) mass is 438 g/mol. The number of amides is 2. The van der Waals surface area contributed by atoms with Crippen molar-refractivity contribution in [1.82, 2.24) is 24.8 Å². The van der Waals surface area contributed by atoms with E-state index in [1.807, 2.05) is 39.2 Å². The van der Waals surface area contributed by atoms with E-state index in [2.05, 4.69) is 26.3 Å². The minimum atomic E-state index is -0.129. The van der Waals surface area contributed by atoms with Crippen molar-refractivity contribution in [3.05, 3.63) is 46.2 Å². The Morgan fingerprint density at radius 3 is 2.65 bits per heavy atom. The Balaban J connectivity index is 1.60. The van der Waals surface area contributed by atoms with Crippen LogP contribution >= 0.6 is 11.3 Å². The standard InChI is InChI=1S/C22H26N6O2S/c1-12-6-16(9-23-8-12)14(3)24-22-25-18-7-13(2)31-20(18)19(26-22)21(30)28-10-17(11-28)27(5)15(4)29/h6-9,14,17H,10-11H2,1-5H3,(H,24,25,26). The van der Waals surface area contributed by atoms with Crippen molar-refractivity contribution in [2.45, 2.75) is 39.8 Å². The van der Waals surface area contributed by atoms with Crippen molar-refractivity contribution in [3.63, 3.8) is 0 Å². The Morgan fingerprint density at radius 2 is 1.97 bits per heavy atom. The van der Waals surface area contributed by atoms with Gasteiger partial charge in [0.2, 0.25) is 11.9 Å². The highest BCUT2D eigenvalue weighted by Crippen LogP contribution is 2.30. The van der Waals surface area contributed by atoms with Crippen molar-refractivity contribution >= 4 is 39.3 Å². The van der Waals surface area contributed by atoms with Gasteiger partial charge in [-0.05, 0) is 38.0 Å². The number of aryl methyl sites for hydroxylation is 2. The van der Waals surface area contributed by atoms with Crippen LogP contribution in [0.1, 0.15) is 46.4 Å². The molecule has 4 heterocycles. The molecule has 0 radical (unpaired) electrons. The van der Waals surface area contributed by atoms with Crippen molar-refractivity contribution in [3.8, 4) is 0 Å². The molecule has 3 aromatic rings. The van der Waals surface area contributed by atoms with E-state index in [0.29, 0.717) is 24.7 Å². The van der Waals surface area contributed by atoms with Crippen LogP contribution in [-0.2, 0) is 4.79 Å². The summed E-state index contributed by atoms with van der Waals surface area (Å²) in [6, 6.07) is 4.03. The molecule has 3 aromatic heterocycles. The summed E-state index contributed by atoms with van der Waals surface area (Å²) in [5.41, 5.74) is 3.27. The zero-order chi connectivity index (χ0) is 22.3. The van der Waals surface area contributed by atoms with Gasteiger partial charge in [0.1, 0.15) is 0 Å². The second-order valence-electron chi connectivity index (χ2n) is 8.12. The van der Waals surface area contributed by atoms with E-state index in [9.17, 15) is 9.59 Å². The van der Waals surface area contributed by atoms with Gasteiger partial charge in [0.05, 0.1) is 22.3 Å². The predicted molar refractivity (Wildman–Crippen MR) is 121 cm³/mol. The molecule has 4 rings (SSSR count). The van der Waals surface area contributed by atoms with Crippen molar-refractivity contribution in [1.29, 1.82) is 0 Å². The fraction of sp³-hybridized carbons (Fsp3) is 0.409. The van der Waals surface area contributed by atoms with Crippen molar-refractivity contribution in [2.75, 3.05) is 25.5 Å². The molecule has 1 unspecified atom stereocenters. The number of nitrogens with zero attached hydrogens (tertiary/aromatic N) is 5. The average molecular weight is 439 g/mol. The first-order valence-electron chi connectivity index (χ1n) is 10.2. The fourth-order valence-electron chi connectivity index (χ4n) is 3.62. The molecule has 1 saturated heterocycles. The van der Waals surface area contributed by atoms with Crippen molar-refractivity contribution in [2.24, 2.45) is 0 Å². The van der Waals surface area contributed by atoms with Crippen molar-refractivity contribution < 1.29 is 9.59 Å². The number of carbonyl (C=O) groups is 2. The van der Waals surface area contributed by atoms with Gasteiger partial charge < -0.3 is 15.1 Å². The molecule has 1 N–H and O–H groups in total. The highest BCUT2D eigenvalue weighted by molar-refractivity contribution is 7.19. The van der Waals surface area contributed by atoms with Gasteiger partial charge in [0.25, 0.3) is 5.91 Å². The predicted octanol–water partition coefficient (Wildman–Crippen LogP) is 3.18. The minimum absolute atomic E-state index is 0.00141. The molecule has 1 fully saturated rings. The topological polar surface area (TPSA) is 91.3 Å². The first-order valence-corrected chi connectivity index (χ1v) is 11.0. The molecule has 0 aromatic carbocycles. The summed E-state index contributed by atoms with van der Waals surface area (Å²) in [6.07, 6.45) is 3.63. The number of hydrogen-bond acceptors (Lipinski definition) is 7. The third kappa shape index (κ3) is 4.23. The van der Waals surface area contributed by atoms with Crippen LogP contribution in [0.25, 0.3) is 10.2 Å². The van der Waals surface area contributed by atoms with Gasteiger partial charge >= 0.3 is 0 Å². The summed E-state index contributed by atoms with van der Waals surface area (Å²) in [7, 11) is 1.77. The average Bonchev–Trinajstić information content (AvgIpc) is 3.05. The zero-order valence-electron chi connectivity index (χ0n) is 18.3. The summed E-state index contributed by atoms with van der Waals surface area (Å²) < 4.78 is 0.793. The van der Waals surface area contributed by atoms with Gasteiger partial charge in [0.15, 0.2) is 5.69 Å². The number of anilines is 1. The maximum atomic E-state index is 13.2. The second kappa shape index (κ2) is 8.22. The smallest absolute Gasteiger partial charge is 0.274 e. The lowest BCUT2D eigenvalue weighted by molar-refractivity contribution is -0.132. The van der Waals surface area contributed by atoms with Gasteiger partial charge in [-0.1, -0.05) is 6.07 Å². The number of nitrogens with one attached hydrogen (secondary N) is 1. The molecule has 162 valence electrons. The lowest BCUT2D eigenvalue weighted by Crippen LogP contribution is -2.61. The summed E-state index contributed by atoms with van der Waals surface area (Å²) in [5.74, 6) is 0.289. The summed E-state index contributed by atoms with van der Waals surface area (Å²) in [6.45, 7) is 8.58. The molecular weight excluding hydrogens is 412 g/mol. The Hall–Kier alpha value is -3.07. The number of likely N-dealkylation sites (tertiary alicyclic amines) is 1. The Kier molecular flexibility index (Phi) is 5.62. The number of likely N-dealkylation sites (N-methyl/N-ethyl adjacent to an activating group) is 1. The lowest BCUT2D eigenvalue weighted by atomic mass is 10.1. The number of fused-ring (bicyclic) bond motifs is 1. The number of pyridine rings is 1. The number of aromatic nitrogens is 3. The number of hydrogen-bond donors (Lipinski definition) is 1.